The van der Waals surface area contributed by atoms with Crippen molar-refractivity contribution in [3.63, 3.8) is 0 Å². The Labute approximate surface area is 234 Å². The van der Waals surface area contributed by atoms with E-state index in [0.717, 1.165) is 27.5 Å². The largest absolute Gasteiger partial charge is 0.310 e. The first-order valence-electron chi connectivity index (χ1n) is 13.8. The second-order valence-corrected chi connectivity index (χ2v) is 15.4. The number of anilines is 3. The van der Waals surface area contributed by atoms with Crippen LogP contribution in [0.2, 0.25) is 13.1 Å². The first-order chi connectivity index (χ1) is 19.6. The van der Waals surface area contributed by atoms with Crippen LogP contribution < -0.4 is 15.3 Å². The molecule has 4 heteroatoms. The van der Waals surface area contributed by atoms with E-state index in [1.54, 1.807) is 0 Å². The third-order valence-corrected chi connectivity index (χ3v) is 12.1. The molecule has 0 amide bonds. The number of fused-ring (bicyclic) bond motifs is 6. The highest BCUT2D eigenvalue weighted by Crippen LogP contribution is 2.43. The van der Waals surface area contributed by atoms with Crippen LogP contribution >= 0.6 is 0 Å². The third kappa shape index (κ3) is 3.23. The van der Waals surface area contributed by atoms with Crippen molar-refractivity contribution < 1.29 is 0 Å². The molecule has 0 spiro atoms. The normalized spacial score (nSPS) is 13.9. The lowest BCUT2D eigenvalue weighted by atomic mass is 9.95. The summed E-state index contributed by atoms with van der Waals surface area (Å²) in [6, 6.07) is 41.7. The van der Waals surface area contributed by atoms with Crippen molar-refractivity contribution in [2.75, 3.05) is 4.90 Å². The zero-order valence-corrected chi connectivity index (χ0v) is 23.5. The molecule has 5 aromatic carbocycles. The molecule has 0 N–H and O–H groups in total. The molecule has 0 bridgehead atoms. The Bertz CT molecular complexity index is 2060. The lowest BCUT2D eigenvalue weighted by Crippen LogP contribution is -2.58. The molecular formula is C36H27N3Si. The summed E-state index contributed by atoms with van der Waals surface area (Å²) >= 11 is 0. The molecule has 1 aliphatic heterocycles. The van der Waals surface area contributed by atoms with Crippen molar-refractivity contribution in [2.24, 2.45) is 0 Å². The van der Waals surface area contributed by atoms with Crippen molar-refractivity contribution in [1.82, 2.24) is 9.97 Å². The average Bonchev–Trinajstić information content (AvgIpc) is 3.01. The Morgan fingerprint density at radius 2 is 1.05 bits per heavy atom. The average molecular weight is 530 g/mol. The van der Waals surface area contributed by atoms with Crippen molar-refractivity contribution in [1.29, 1.82) is 0 Å². The van der Waals surface area contributed by atoms with Crippen LogP contribution in [0.4, 0.5) is 17.1 Å². The maximum Gasteiger partial charge on any atom is 0.117 e. The quantitative estimate of drug-likeness (QED) is 0.167. The SMILES string of the molecule is C[Si]1(C)c2ccccc2N(c2ccnc3c2ccc2c(-c4cccc5ccccc45)ccnc23)c2ccccc21. The van der Waals surface area contributed by atoms with E-state index >= 15 is 0 Å². The van der Waals surface area contributed by atoms with Crippen molar-refractivity contribution in [3.05, 3.63) is 128 Å². The van der Waals surface area contributed by atoms with E-state index in [0.29, 0.717) is 0 Å². The first-order valence-corrected chi connectivity index (χ1v) is 16.8. The molecule has 0 unspecified atom stereocenters. The molecule has 0 fully saturated rings. The maximum atomic E-state index is 4.92. The molecule has 7 aromatic rings. The Morgan fingerprint density at radius 3 is 1.82 bits per heavy atom. The van der Waals surface area contributed by atoms with Crippen molar-refractivity contribution in [3.8, 4) is 11.1 Å². The Balaban J connectivity index is 1.40. The molecule has 0 radical (unpaired) electrons. The molecule has 8 rings (SSSR count). The monoisotopic (exact) mass is 529 g/mol. The minimum Gasteiger partial charge on any atom is -0.310 e. The van der Waals surface area contributed by atoms with Gasteiger partial charge in [-0.15, -0.1) is 0 Å². The van der Waals surface area contributed by atoms with Crippen LogP contribution in [0.3, 0.4) is 0 Å². The molecule has 3 heterocycles. The number of pyridine rings is 2. The van der Waals surface area contributed by atoms with Crippen molar-refractivity contribution >= 4 is 68.1 Å². The summed E-state index contributed by atoms with van der Waals surface area (Å²) in [5.41, 5.74) is 7.91. The maximum absolute atomic E-state index is 4.92. The lowest BCUT2D eigenvalue weighted by Gasteiger charge is -2.41. The molecule has 1 aliphatic rings. The van der Waals surface area contributed by atoms with E-state index < -0.39 is 8.07 Å². The van der Waals surface area contributed by atoms with Gasteiger partial charge in [-0.1, -0.05) is 98.0 Å². The van der Waals surface area contributed by atoms with Gasteiger partial charge in [-0.3, -0.25) is 9.97 Å². The molecule has 0 saturated carbocycles. The van der Waals surface area contributed by atoms with Crippen LogP contribution in [-0.2, 0) is 0 Å². The second-order valence-electron chi connectivity index (χ2n) is 11.1. The number of benzene rings is 5. The predicted octanol–water partition coefficient (Wildman–Crippen LogP) is 8.21. The first kappa shape index (κ1) is 23.1. The fraction of sp³-hybridized carbons (Fsp3) is 0.0556. The van der Waals surface area contributed by atoms with Gasteiger partial charge in [0.25, 0.3) is 0 Å². The van der Waals surface area contributed by atoms with Gasteiger partial charge in [0.2, 0.25) is 0 Å². The smallest absolute Gasteiger partial charge is 0.117 e. The summed E-state index contributed by atoms with van der Waals surface area (Å²) in [6.45, 7) is 4.91. The summed E-state index contributed by atoms with van der Waals surface area (Å²) in [6.07, 6.45) is 3.86. The molecular weight excluding hydrogens is 503 g/mol. The lowest BCUT2D eigenvalue weighted by molar-refractivity contribution is 1.28. The molecule has 0 aliphatic carbocycles. The molecule has 40 heavy (non-hydrogen) atoms. The zero-order chi connectivity index (χ0) is 26.8. The van der Waals surface area contributed by atoms with Crippen LogP contribution in [0.15, 0.2) is 128 Å². The van der Waals surface area contributed by atoms with Gasteiger partial charge in [0.05, 0.1) is 16.7 Å². The topological polar surface area (TPSA) is 29.0 Å². The highest BCUT2D eigenvalue weighted by molar-refractivity contribution is 7.02. The van der Waals surface area contributed by atoms with Crippen LogP contribution in [0.25, 0.3) is 43.7 Å². The predicted molar refractivity (Wildman–Crippen MR) is 171 cm³/mol. The summed E-state index contributed by atoms with van der Waals surface area (Å²) in [4.78, 5) is 12.3. The summed E-state index contributed by atoms with van der Waals surface area (Å²) in [5.74, 6) is 0. The molecule has 2 aromatic heterocycles. The summed E-state index contributed by atoms with van der Waals surface area (Å²) < 4.78 is 0. The van der Waals surface area contributed by atoms with Gasteiger partial charge in [-0.25, -0.2) is 0 Å². The van der Waals surface area contributed by atoms with Crippen molar-refractivity contribution in [2.45, 2.75) is 13.1 Å². The molecule has 3 nitrogen and oxygen atoms in total. The molecule has 190 valence electrons. The summed E-state index contributed by atoms with van der Waals surface area (Å²) in [5, 5.41) is 7.60. The molecule has 0 saturated heterocycles. The number of aromatic nitrogens is 2. The van der Waals surface area contributed by atoms with Crippen LogP contribution in [0, 0.1) is 0 Å². The highest BCUT2D eigenvalue weighted by atomic mass is 28.3. The van der Waals surface area contributed by atoms with Gasteiger partial charge in [-0.05, 0) is 62.6 Å². The minimum atomic E-state index is -1.85. The van der Waals surface area contributed by atoms with E-state index in [2.05, 4.69) is 133 Å². The fourth-order valence-corrected chi connectivity index (χ4v) is 9.62. The van der Waals surface area contributed by atoms with Crippen LogP contribution in [-0.4, -0.2) is 18.0 Å². The van der Waals surface area contributed by atoms with E-state index in [4.69, 9.17) is 9.97 Å². The van der Waals surface area contributed by atoms with E-state index in [-0.39, 0.29) is 0 Å². The number of para-hydroxylation sites is 2. The van der Waals surface area contributed by atoms with Crippen LogP contribution in [0.5, 0.6) is 0 Å². The number of nitrogens with zero attached hydrogens (tertiary/aromatic N) is 3. The fourth-order valence-electron chi connectivity index (χ4n) is 6.63. The standard InChI is InChI=1S/C36H27N3Si/c1-40(2)33-16-7-5-14-31(33)39(32-15-6-8-17-34(32)40)30-21-23-38-36-29(30)19-18-28-27(20-22-37-35(28)36)26-13-9-11-24-10-3-4-12-25(24)26/h3-23H,1-2H3. The zero-order valence-electron chi connectivity index (χ0n) is 22.5. The Kier molecular flexibility index (Phi) is 4.97. The Hall–Kier alpha value is -4.80. The Morgan fingerprint density at radius 1 is 0.475 bits per heavy atom. The highest BCUT2D eigenvalue weighted by Gasteiger charge is 2.38. The third-order valence-electron chi connectivity index (χ3n) is 8.56. The number of hydrogen-bond acceptors (Lipinski definition) is 3. The van der Waals surface area contributed by atoms with E-state index in [1.807, 2.05) is 12.4 Å². The van der Waals surface area contributed by atoms with Gasteiger partial charge >= 0.3 is 0 Å². The second kappa shape index (κ2) is 8.60. The van der Waals surface area contributed by atoms with Gasteiger partial charge in [0, 0.05) is 34.5 Å². The number of rotatable bonds is 2. The minimum absolute atomic E-state index is 0.925. The van der Waals surface area contributed by atoms with Gasteiger partial charge in [0.1, 0.15) is 8.07 Å². The van der Waals surface area contributed by atoms with E-state index in [9.17, 15) is 0 Å². The van der Waals surface area contributed by atoms with Gasteiger partial charge in [-0.2, -0.15) is 0 Å². The summed E-state index contributed by atoms with van der Waals surface area (Å²) in [7, 11) is -1.85. The van der Waals surface area contributed by atoms with Crippen LogP contribution in [0.1, 0.15) is 0 Å². The van der Waals surface area contributed by atoms with E-state index in [1.165, 1.54) is 43.6 Å². The number of hydrogen-bond donors (Lipinski definition) is 0. The molecule has 0 atom stereocenters. The van der Waals surface area contributed by atoms with Gasteiger partial charge < -0.3 is 4.90 Å². The van der Waals surface area contributed by atoms with Gasteiger partial charge in [0.15, 0.2) is 0 Å².